The Bertz CT molecular complexity index is 1700. The lowest BCUT2D eigenvalue weighted by Gasteiger charge is -2.20. The smallest absolute Gasteiger partial charge is 0.323 e. The molecule has 0 fully saturated rings. The number of ether oxygens (including phenoxy) is 4. The van der Waals surface area contributed by atoms with E-state index in [9.17, 15) is 20.3 Å². The second-order valence-corrected chi connectivity index (χ2v) is 11.0. The molecule has 0 unspecified atom stereocenters. The molecule has 0 amide bonds. The largest absolute Gasteiger partial charge is 0.488 e. The van der Waals surface area contributed by atoms with Gasteiger partial charge in [-0.15, -0.1) is 0 Å². The molecule has 5 rings (SSSR count). The van der Waals surface area contributed by atoms with Gasteiger partial charge in [0, 0.05) is 18.2 Å². The third-order valence-electron chi connectivity index (χ3n) is 7.27. The summed E-state index contributed by atoms with van der Waals surface area (Å²) in [6.07, 6.45) is 0. The van der Waals surface area contributed by atoms with Crippen LogP contribution in [0.25, 0.3) is 11.1 Å². The molecule has 9 nitrogen and oxygen atoms in total. The van der Waals surface area contributed by atoms with Gasteiger partial charge in [-0.1, -0.05) is 36.4 Å². The van der Waals surface area contributed by atoms with Gasteiger partial charge >= 0.3 is 5.97 Å². The number of carboxylic acid groups (broad SMARTS) is 1. The van der Waals surface area contributed by atoms with Crippen LogP contribution in [0.15, 0.2) is 77.3 Å². The van der Waals surface area contributed by atoms with Crippen LogP contribution in [0.2, 0.25) is 0 Å². The van der Waals surface area contributed by atoms with Gasteiger partial charge in [0.25, 0.3) is 0 Å². The number of hydrogen-bond acceptors (Lipinski definition) is 8. The molecule has 226 valence electrons. The number of aliphatic carboxylic acids is 1. The van der Waals surface area contributed by atoms with Crippen LogP contribution in [0.3, 0.4) is 0 Å². The maximum absolute atomic E-state index is 11.4. The van der Waals surface area contributed by atoms with Gasteiger partial charge in [0.2, 0.25) is 0 Å². The lowest BCUT2D eigenvalue weighted by atomic mass is 9.96. The van der Waals surface area contributed by atoms with Gasteiger partial charge in [0.05, 0.1) is 22.7 Å². The number of nitrogens with one attached hydrogen (secondary N) is 1. The fourth-order valence-electron chi connectivity index (χ4n) is 4.83. The molecule has 1 heterocycles. The van der Waals surface area contributed by atoms with Gasteiger partial charge in [0.15, 0.2) is 11.5 Å². The molecule has 1 aliphatic rings. The van der Waals surface area contributed by atoms with Crippen molar-refractivity contribution in [1.82, 2.24) is 5.32 Å². The molecule has 3 N–H and O–H groups in total. The Hall–Kier alpha value is -4.56. The first kappa shape index (κ1) is 30.9. The number of rotatable bonds is 12. The Kier molecular flexibility index (Phi) is 10.0. The van der Waals surface area contributed by atoms with Crippen LogP contribution < -0.4 is 24.3 Å². The third kappa shape index (κ3) is 7.32. The Morgan fingerprint density at radius 2 is 1.75 bits per heavy atom. The molecular weight excluding hydrogens is 628 g/mol. The Labute approximate surface area is 263 Å². The van der Waals surface area contributed by atoms with E-state index in [4.69, 9.17) is 18.9 Å². The zero-order chi connectivity index (χ0) is 31.1. The molecule has 1 aliphatic heterocycles. The molecule has 0 saturated carbocycles. The van der Waals surface area contributed by atoms with E-state index < -0.39 is 18.6 Å². The number of hydrogen-bond donors (Lipinski definition) is 3. The van der Waals surface area contributed by atoms with Crippen molar-refractivity contribution >= 4 is 21.9 Å². The van der Waals surface area contributed by atoms with Crippen molar-refractivity contribution in [1.29, 1.82) is 5.26 Å². The molecule has 0 spiro atoms. The highest BCUT2D eigenvalue weighted by Crippen LogP contribution is 2.37. The predicted octanol–water partition coefficient (Wildman–Crippen LogP) is 5.76. The van der Waals surface area contributed by atoms with Crippen LogP contribution >= 0.6 is 15.9 Å². The van der Waals surface area contributed by atoms with Gasteiger partial charge in [-0.25, -0.2) is 0 Å². The van der Waals surface area contributed by atoms with Crippen LogP contribution in [0.5, 0.6) is 23.0 Å². The SMILES string of the molecule is Cc1c(COc2cc(OCc3cccc(C#N)c3)c(CN[C@@H](CO)C(=O)O)cc2Br)cccc1-c1ccc2c(c1)OCCO2. The minimum Gasteiger partial charge on any atom is -0.488 e. The van der Waals surface area contributed by atoms with Crippen molar-refractivity contribution in [3.63, 3.8) is 0 Å². The van der Waals surface area contributed by atoms with Gasteiger partial charge < -0.3 is 29.2 Å². The molecule has 0 radical (unpaired) electrons. The number of halogens is 1. The number of benzene rings is 4. The summed E-state index contributed by atoms with van der Waals surface area (Å²) in [5.41, 5.74) is 6.14. The maximum Gasteiger partial charge on any atom is 0.323 e. The highest BCUT2D eigenvalue weighted by molar-refractivity contribution is 9.10. The van der Waals surface area contributed by atoms with E-state index in [1.165, 1.54) is 0 Å². The molecule has 4 aromatic rings. The average Bonchev–Trinajstić information content (AvgIpc) is 3.04. The second-order valence-electron chi connectivity index (χ2n) is 10.2. The number of aliphatic hydroxyl groups is 1. The first-order chi connectivity index (χ1) is 21.4. The zero-order valence-corrected chi connectivity index (χ0v) is 25.6. The molecule has 0 saturated heterocycles. The van der Waals surface area contributed by atoms with Crippen molar-refractivity contribution in [2.24, 2.45) is 0 Å². The minimum atomic E-state index is -1.16. The topological polar surface area (TPSA) is 130 Å². The summed E-state index contributed by atoms with van der Waals surface area (Å²) in [4.78, 5) is 11.4. The third-order valence-corrected chi connectivity index (χ3v) is 7.89. The lowest BCUT2D eigenvalue weighted by Crippen LogP contribution is -2.39. The average molecular weight is 660 g/mol. The van der Waals surface area contributed by atoms with Crippen LogP contribution in [0.4, 0.5) is 0 Å². The molecule has 0 aromatic heterocycles. The second kappa shape index (κ2) is 14.3. The molecule has 1 atom stereocenters. The fourth-order valence-corrected chi connectivity index (χ4v) is 5.34. The minimum absolute atomic E-state index is 0.126. The summed E-state index contributed by atoms with van der Waals surface area (Å²) in [7, 11) is 0. The number of nitriles is 1. The van der Waals surface area contributed by atoms with E-state index in [0.717, 1.165) is 39.3 Å². The molecule has 0 aliphatic carbocycles. The monoisotopic (exact) mass is 658 g/mol. The Morgan fingerprint density at radius 1 is 0.977 bits per heavy atom. The zero-order valence-electron chi connectivity index (χ0n) is 24.0. The summed E-state index contributed by atoms with van der Waals surface area (Å²) in [6, 6.07) is 23.7. The van der Waals surface area contributed by atoms with Gasteiger partial charge in [0.1, 0.15) is 44.0 Å². The molecule has 10 heteroatoms. The highest BCUT2D eigenvalue weighted by Gasteiger charge is 2.19. The normalized spacial score (nSPS) is 12.7. The Morgan fingerprint density at radius 3 is 2.52 bits per heavy atom. The van der Waals surface area contributed by atoms with E-state index in [0.29, 0.717) is 40.3 Å². The summed E-state index contributed by atoms with van der Waals surface area (Å²) in [5, 5.41) is 30.9. The first-order valence-electron chi connectivity index (χ1n) is 14.0. The van der Waals surface area contributed by atoms with Crippen LogP contribution in [0, 0.1) is 18.3 Å². The van der Waals surface area contributed by atoms with E-state index in [1.54, 1.807) is 30.3 Å². The van der Waals surface area contributed by atoms with E-state index >= 15 is 0 Å². The summed E-state index contributed by atoms with van der Waals surface area (Å²) < 4.78 is 24.5. The van der Waals surface area contributed by atoms with Gasteiger partial charge in [-0.3, -0.25) is 10.1 Å². The van der Waals surface area contributed by atoms with Crippen LogP contribution in [-0.4, -0.2) is 42.0 Å². The van der Waals surface area contributed by atoms with Crippen LogP contribution in [0.1, 0.15) is 27.8 Å². The van der Waals surface area contributed by atoms with E-state index in [-0.39, 0.29) is 19.8 Å². The molecular formula is C34H31BrN2O7. The Balaban J connectivity index is 1.37. The van der Waals surface area contributed by atoms with Gasteiger partial charge in [-0.2, -0.15) is 5.26 Å². The fraction of sp³-hybridized carbons (Fsp3) is 0.235. The van der Waals surface area contributed by atoms with Crippen molar-refractivity contribution in [3.05, 3.63) is 105 Å². The van der Waals surface area contributed by atoms with Crippen molar-refractivity contribution < 1.29 is 34.0 Å². The van der Waals surface area contributed by atoms with Crippen LogP contribution in [-0.2, 0) is 24.6 Å². The van der Waals surface area contributed by atoms with Gasteiger partial charge in [-0.05, 0) is 81.0 Å². The predicted molar refractivity (Wildman–Crippen MR) is 167 cm³/mol. The standard InChI is InChI=1S/C34H31BrN2O7/c1-21-25(6-3-7-27(21)24-8-9-30-33(14-24)42-11-10-41-30)20-44-32-15-31(43-19-23-5-2-4-22(12-23)16-36)26(13-28(32)35)17-37-29(18-38)34(39)40/h2-9,12-15,29,37-38H,10-11,17-20H2,1H3,(H,39,40)/t29-/m0/s1. The van der Waals surface area contributed by atoms with Crippen molar-refractivity contribution in [3.8, 4) is 40.2 Å². The summed E-state index contributed by atoms with van der Waals surface area (Å²) >= 11 is 3.59. The number of fused-ring (bicyclic) bond motifs is 1. The van der Waals surface area contributed by atoms with E-state index in [1.807, 2.05) is 36.4 Å². The van der Waals surface area contributed by atoms with E-state index in [2.05, 4.69) is 40.3 Å². The quantitative estimate of drug-likeness (QED) is 0.174. The summed E-state index contributed by atoms with van der Waals surface area (Å²) in [6.45, 7) is 3.15. The van der Waals surface area contributed by atoms with Crippen molar-refractivity contribution in [2.75, 3.05) is 19.8 Å². The number of carbonyl (C=O) groups is 1. The summed E-state index contributed by atoms with van der Waals surface area (Å²) in [5.74, 6) is 1.33. The number of carboxylic acids is 1. The molecule has 0 bridgehead atoms. The molecule has 4 aromatic carbocycles. The maximum atomic E-state index is 11.4. The molecule has 44 heavy (non-hydrogen) atoms. The first-order valence-corrected chi connectivity index (χ1v) is 14.8. The number of aliphatic hydroxyl groups excluding tert-OH is 1. The lowest BCUT2D eigenvalue weighted by molar-refractivity contribution is -0.140. The highest BCUT2D eigenvalue weighted by atomic mass is 79.9. The van der Waals surface area contributed by atoms with Crippen molar-refractivity contribution in [2.45, 2.75) is 32.7 Å². The number of nitrogens with zero attached hydrogens (tertiary/aromatic N) is 1.